The molecule has 0 unspecified atom stereocenters. The summed E-state index contributed by atoms with van der Waals surface area (Å²) in [5, 5.41) is 6.72. The van der Waals surface area contributed by atoms with Gasteiger partial charge in [0.25, 0.3) is 5.91 Å². The molecular formula is C23H28N2O3. The summed E-state index contributed by atoms with van der Waals surface area (Å²) in [6, 6.07) is 13.8. The lowest BCUT2D eigenvalue weighted by molar-refractivity contribution is 0.00397. The van der Waals surface area contributed by atoms with Gasteiger partial charge in [-0.2, -0.15) is 0 Å². The summed E-state index contributed by atoms with van der Waals surface area (Å²) in [5.41, 5.74) is 4.02. The smallest absolute Gasteiger partial charge is 0.251 e. The van der Waals surface area contributed by atoms with Crippen LogP contribution >= 0.6 is 0 Å². The van der Waals surface area contributed by atoms with Crippen molar-refractivity contribution in [2.75, 3.05) is 27.3 Å². The Kier molecular flexibility index (Phi) is 5.13. The lowest BCUT2D eigenvalue weighted by Gasteiger charge is -2.40. The Labute approximate surface area is 166 Å². The predicted octanol–water partition coefficient (Wildman–Crippen LogP) is 3.12. The highest BCUT2D eigenvalue weighted by atomic mass is 16.5. The van der Waals surface area contributed by atoms with Crippen LogP contribution in [-0.2, 0) is 10.2 Å². The zero-order chi connectivity index (χ0) is 19.7. The highest BCUT2D eigenvalue weighted by molar-refractivity contribution is 5.95. The zero-order valence-electron chi connectivity index (χ0n) is 16.7. The molecule has 1 amide bonds. The number of rotatable bonds is 4. The van der Waals surface area contributed by atoms with Gasteiger partial charge in [0.15, 0.2) is 0 Å². The standard InChI is InChI=1S/C23H28N2O3/c1-15-14-16(8-9-19(15)27-2)22(26)25-20-17-6-4-5-7-18(17)23(21(20)28-3)10-12-24-13-11-23/h4-9,14,20-21,24H,10-13H2,1-3H3,(H,25,26)/t20-,21+/m1/s1. The van der Waals surface area contributed by atoms with Gasteiger partial charge in [0.2, 0.25) is 0 Å². The van der Waals surface area contributed by atoms with Crippen molar-refractivity contribution < 1.29 is 14.3 Å². The number of ether oxygens (including phenoxy) is 2. The maximum Gasteiger partial charge on any atom is 0.251 e. The van der Waals surface area contributed by atoms with E-state index in [2.05, 4.69) is 28.8 Å². The highest BCUT2D eigenvalue weighted by Crippen LogP contribution is 2.51. The summed E-state index contributed by atoms with van der Waals surface area (Å²) in [6.07, 6.45) is 1.95. The molecule has 2 aliphatic rings. The molecule has 2 atom stereocenters. The van der Waals surface area contributed by atoms with E-state index < -0.39 is 0 Å². The summed E-state index contributed by atoms with van der Waals surface area (Å²) in [5.74, 6) is 0.699. The Morgan fingerprint density at radius 1 is 1.14 bits per heavy atom. The summed E-state index contributed by atoms with van der Waals surface area (Å²) in [6.45, 7) is 3.88. The van der Waals surface area contributed by atoms with Crippen LogP contribution in [0, 0.1) is 6.92 Å². The maximum absolute atomic E-state index is 13.1. The fourth-order valence-corrected chi connectivity index (χ4v) is 5.04. The first kappa shape index (κ1) is 19.0. The van der Waals surface area contributed by atoms with Gasteiger partial charge in [-0.1, -0.05) is 24.3 Å². The monoisotopic (exact) mass is 380 g/mol. The quantitative estimate of drug-likeness (QED) is 0.856. The van der Waals surface area contributed by atoms with Gasteiger partial charge in [-0.05, 0) is 67.7 Å². The zero-order valence-corrected chi connectivity index (χ0v) is 16.7. The van der Waals surface area contributed by atoms with E-state index in [1.54, 1.807) is 14.2 Å². The minimum Gasteiger partial charge on any atom is -0.496 e. The molecule has 4 rings (SSSR count). The molecule has 2 aromatic rings. The van der Waals surface area contributed by atoms with Crippen molar-refractivity contribution in [3.05, 3.63) is 64.7 Å². The number of fused-ring (bicyclic) bond motifs is 2. The van der Waals surface area contributed by atoms with Gasteiger partial charge < -0.3 is 20.1 Å². The van der Waals surface area contributed by atoms with Crippen LogP contribution in [0.25, 0.3) is 0 Å². The predicted molar refractivity (Wildman–Crippen MR) is 109 cm³/mol. The van der Waals surface area contributed by atoms with Gasteiger partial charge in [0.1, 0.15) is 5.75 Å². The van der Waals surface area contributed by atoms with Crippen molar-refractivity contribution in [1.29, 1.82) is 0 Å². The third kappa shape index (κ3) is 2.99. The van der Waals surface area contributed by atoms with Crippen LogP contribution in [0.2, 0.25) is 0 Å². The van der Waals surface area contributed by atoms with E-state index in [1.807, 2.05) is 31.2 Å². The molecule has 5 nitrogen and oxygen atoms in total. The largest absolute Gasteiger partial charge is 0.496 e. The number of carbonyl (C=O) groups excluding carboxylic acids is 1. The molecule has 1 spiro atoms. The number of hydrogen-bond acceptors (Lipinski definition) is 4. The SMILES string of the molecule is COc1ccc(C(=O)N[C@@H]2c3ccccc3C3(CCNCC3)[C@H]2OC)cc1C. The van der Waals surface area contributed by atoms with Crippen LogP contribution in [0.5, 0.6) is 5.75 Å². The van der Waals surface area contributed by atoms with Crippen molar-refractivity contribution in [3.63, 3.8) is 0 Å². The lowest BCUT2D eigenvalue weighted by atomic mass is 9.72. The van der Waals surface area contributed by atoms with Gasteiger partial charge >= 0.3 is 0 Å². The number of hydrogen-bond donors (Lipinski definition) is 2. The van der Waals surface area contributed by atoms with Crippen LogP contribution < -0.4 is 15.4 Å². The van der Waals surface area contributed by atoms with Gasteiger partial charge in [0, 0.05) is 18.1 Å². The first-order valence-corrected chi connectivity index (χ1v) is 9.89. The number of nitrogens with one attached hydrogen (secondary N) is 2. The van der Waals surface area contributed by atoms with Crippen molar-refractivity contribution >= 4 is 5.91 Å². The second kappa shape index (κ2) is 7.57. The summed E-state index contributed by atoms with van der Waals surface area (Å²) >= 11 is 0. The molecule has 2 N–H and O–H groups in total. The van der Waals surface area contributed by atoms with Crippen LogP contribution in [0.4, 0.5) is 0 Å². The van der Waals surface area contributed by atoms with Crippen molar-refractivity contribution in [3.8, 4) is 5.75 Å². The Morgan fingerprint density at radius 2 is 1.89 bits per heavy atom. The Hall–Kier alpha value is -2.37. The molecule has 1 saturated heterocycles. The van der Waals surface area contributed by atoms with E-state index in [0.29, 0.717) is 5.56 Å². The summed E-state index contributed by atoms with van der Waals surface area (Å²) in [7, 11) is 3.40. The third-order valence-electron chi connectivity index (χ3n) is 6.37. The molecule has 0 aromatic heterocycles. The van der Waals surface area contributed by atoms with Crippen LogP contribution in [0.1, 0.15) is 45.9 Å². The third-order valence-corrected chi connectivity index (χ3v) is 6.37. The normalized spacial score (nSPS) is 22.7. The molecule has 5 heteroatoms. The van der Waals surface area contributed by atoms with Gasteiger partial charge in [0.05, 0.1) is 19.3 Å². The first-order chi connectivity index (χ1) is 13.6. The number of aryl methyl sites for hydroxylation is 1. The molecule has 1 fully saturated rings. The average Bonchev–Trinajstić information content (AvgIpc) is 2.97. The molecule has 1 heterocycles. The summed E-state index contributed by atoms with van der Waals surface area (Å²) < 4.78 is 11.3. The van der Waals surface area contributed by atoms with E-state index in [4.69, 9.17) is 9.47 Å². The van der Waals surface area contributed by atoms with Crippen LogP contribution in [0.15, 0.2) is 42.5 Å². The van der Waals surface area contributed by atoms with E-state index >= 15 is 0 Å². The molecule has 1 aliphatic heterocycles. The van der Waals surface area contributed by atoms with Crippen molar-refractivity contribution in [2.45, 2.75) is 37.3 Å². The van der Waals surface area contributed by atoms with Gasteiger partial charge in [-0.25, -0.2) is 0 Å². The molecule has 2 aromatic carbocycles. The van der Waals surface area contributed by atoms with Crippen molar-refractivity contribution in [1.82, 2.24) is 10.6 Å². The second-order valence-corrected chi connectivity index (χ2v) is 7.79. The molecule has 0 radical (unpaired) electrons. The number of piperidine rings is 1. The Morgan fingerprint density at radius 3 is 2.57 bits per heavy atom. The number of carbonyl (C=O) groups is 1. The Bertz CT molecular complexity index is 874. The molecular weight excluding hydrogens is 352 g/mol. The fraction of sp³-hybridized carbons (Fsp3) is 0.435. The van der Waals surface area contributed by atoms with E-state index in [0.717, 1.165) is 37.2 Å². The van der Waals surface area contributed by atoms with Crippen LogP contribution in [0.3, 0.4) is 0 Å². The van der Waals surface area contributed by atoms with E-state index in [9.17, 15) is 4.79 Å². The Balaban J connectivity index is 1.67. The maximum atomic E-state index is 13.1. The van der Waals surface area contributed by atoms with Crippen LogP contribution in [-0.4, -0.2) is 39.3 Å². The number of benzene rings is 2. The lowest BCUT2D eigenvalue weighted by Crippen LogP contribution is -2.49. The van der Waals surface area contributed by atoms with Crippen molar-refractivity contribution in [2.24, 2.45) is 0 Å². The fourth-order valence-electron chi connectivity index (χ4n) is 5.04. The summed E-state index contributed by atoms with van der Waals surface area (Å²) in [4.78, 5) is 13.1. The topological polar surface area (TPSA) is 59.6 Å². The minimum atomic E-state index is -0.158. The van der Waals surface area contributed by atoms with Gasteiger partial charge in [-0.15, -0.1) is 0 Å². The number of amides is 1. The number of methoxy groups -OCH3 is 2. The average molecular weight is 380 g/mol. The second-order valence-electron chi connectivity index (χ2n) is 7.79. The molecule has 0 saturated carbocycles. The molecule has 28 heavy (non-hydrogen) atoms. The van der Waals surface area contributed by atoms with E-state index in [1.165, 1.54) is 11.1 Å². The molecule has 1 aliphatic carbocycles. The molecule has 148 valence electrons. The molecule has 0 bridgehead atoms. The van der Waals surface area contributed by atoms with E-state index in [-0.39, 0.29) is 23.5 Å². The highest BCUT2D eigenvalue weighted by Gasteiger charge is 2.53. The first-order valence-electron chi connectivity index (χ1n) is 9.89. The van der Waals surface area contributed by atoms with Gasteiger partial charge in [-0.3, -0.25) is 4.79 Å². The minimum absolute atomic E-state index is 0.0512.